The molecule has 3 fully saturated rings. The smallest absolute Gasteiger partial charge is 0.145 e. The van der Waals surface area contributed by atoms with Crippen LogP contribution in [-0.4, -0.2) is 31.1 Å². The topological polar surface area (TPSA) is 30.5 Å². The van der Waals surface area contributed by atoms with Gasteiger partial charge in [0.1, 0.15) is 5.72 Å². The van der Waals surface area contributed by atoms with E-state index in [-0.39, 0.29) is 5.72 Å². The first-order chi connectivity index (χ1) is 7.33. The molecule has 3 aliphatic rings. The van der Waals surface area contributed by atoms with Crippen LogP contribution in [0.25, 0.3) is 0 Å². The molecular weight excluding hydrogens is 190 g/mol. The molecule has 2 aliphatic heterocycles. The Balaban J connectivity index is 1.74. The van der Waals surface area contributed by atoms with E-state index in [1.54, 1.807) is 0 Å². The summed E-state index contributed by atoms with van der Waals surface area (Å²) in [7, 11) is 0. The van der Waals surface area contributed by atoms with E-state index in [9.17, 15) is 0 Å². The predicted molar refractivity (Wildman–Crippen MR) is 57.7 cm³/mol. The number of ether oxygens (including phenoxy) is 2. The maximum Gasteiger partial charge on any atom is 0.145 e. The summed E-state index contributed by atoms with van der Waals surface area (Å²) in [6.45, 7) is 2.51. The van der Waals surface area contributed by atoms with Gasteiger partial charge in [-0.05, 0) is 19.3 Å². The molecular formula is C12H21NO2. The normalized spacial score (nSPS) is 40.0. The van der Waals surface area contributed by atoms with Gasteiger partial charge in [0.15, 0.2) is 0 Å². The zero-order chi connectivity index (χ0) is 10.2. The van der Waals surface area contributed by atoms with Gasteiger partial charge >= 0.3 is 0 Å². The van der Waals surface area contributed by atoms with E-state index in [1.807, 2.05) is 0 Å². The molecule has 1 unspecified atom stereocenters. The number of rotatable bonds is 0. The Bertz CT molecular complexity index is 224. The monoisotopic (exact) mass is 211 g/mol. The standard InChI is InChI=1S/C12H21NO2/c1-2-4-11(5-3-1)6-9-15-12(13-11)7-8-14-10-12/h13H,1-10H2. The fourth-order valence-electron chi connectivity index (χ4n) is 3.39. The summed E-state index contributed by atoms with van der Waals surface area (Å²) in [6.07, 6.45) is 9.04. The molecule has 0 bridgehead atoms. The SMILES string of the molecule is C1CCC2(CC1)CCOC1(CCOC1)N2. The minimum absolute atomic E-state index is 0.129. The zero-order valence-electron chi connectivity index (χ0n) is 9.39. The maximum atomic E-state index is 5.92. The van der Waals surface area contributed by atoms with Crippen molar-refractivity contribution in [1.29, 1.82) is 0 Å². The van der Waals surface area contributed by atoms with Crippen molar-refractivity contribution in [3.05, 3.63) is 0 Å². The lowest BCUT2D eigenvalue weighted by Gasteiger charge is -2.49. The van der Waals surface area contributed by atoms with Gasteiger partial charge in [-0.1, -0.05) is 19.3 Å². The van der Waals surface area contributed by atoms with Gasteiger partial charge in [-0.25, -0.2) is 0 Å². The van der Waals surface area contributed by atoms with E-state index < -0.39 is 0 Å². The molecule has 1 aliphatic carbocycles. The summed E-state index contributed by atoms with van der Waals surface area (Å²) < 4.78 is 11.4. The van der Waals surface area contributed by atoms with Gasteiger partial charge < -0.3 is 9.47 Å². The average Bonchev–Trinajstić information content (AvgIpc) is 2.67. The quantitative estimate of drug-likeness (QED) is 0.663. The molecule has 1 atom stereocenters. The van der Waals surface area contributed by atoms with Crippen LogP contribution in [0.3, 0.4) is 0 Å². The van der Waals surface area contributed by atoms with E-state index in [4.69, 9.17) is 9.47 Å². The molecule has 2 saturated heterocycles. The van der Waals surface area contributed by atoms with Gasteiger partial charge in [-0.15, -0.1) is 0 Å². The van der Waals surface area contributed by atoms with Crippen LogP contribution in [0.15, 0.2) is 0 Å². The molecule has 2 heterocycles. The second kappa shape index (κ2) is 3.72. The van der Waals surface area contributed by atoms with Gasteiger partial charge in [0.05, 0.1) is 19.8 Å². The molecule has 0 aromatic carbocycles. The minimum Gasteiger partial charge on any atom is -0.377 e. The van der Waals surface area contributed by atoms with Crippen LogP contribution in [0.2, 0.25) is 0 Å². The zero-order valence-corrected chi connectivity index (χ0v) is 9.39. The molecule has 86 valence electrons. The second-order valence-corrected chi connectivity index (χ2v) is 5.36. The van der Waals surface area contributed by atoms with Crippen LogP contribution >= 0.6 is 0 Å². The summed E-state index contributed by atoms with van der Waals surface area (Å²) >= 11 is 0. The molecule has 0 aromatic heterocycles. The fourth-order valence-corrected chi connectivity index (χ4v) is 3.39. The van der Waals surface area contributed by atoms with Crippen molar-refractivity contribution in [3.8, 4) is 0 Å². The van der Waals surface area contributed by atoms with Crippen molar-refractivity contribution in [3.63, 3.8) is 0 Å². The van der Waals surface area contributed by atoms with Crippen LogP contribution in [-0.2, 0) is 9.47 Å². The van der Waals surface area contributed by atoms with Crippen molar-refractivity contribution >= 4 is 0 Å². The van der Waals surface area contributed by atoms with Gasteiger partial charge in [0.2, 0.25) is 0 Å². The summed E-state index contributed by atoms with van der Waals surface area (Å²) in [6, 6.07) is 0. The van der Waals surface area contributed by atoms with Crippen LogP contribution in [0.5, 0.6) is 0 Å². The highest BCUT2D eigenvalue weighted by atomic mass is 16.6. The first-order valence-electron chi connectivity index (χ1n) is 6.34. The third-order valence-corrected chi connectivity index (χ3v) is 4.25. The molecule has 3 nitrogen and oxygen atoms in total. The van der Waals surface area contributed by atoms with Crippen molar-refractivity contribution < 1.29 is 9.47 Å². The van der Waals surface area contributed by atoms with E-state index in [2.05, 4.69) is 5.32 Å². The highest BCUT2D eigenvalue weighted by molar-refractivity contribution is 5.00. The molecule has 1 N–H and O–H groups in total. The Hall–Kier alpha value is -0.120. The van der Waals surface area contributed by atoms with E-state index >= 15 is 0 Å². The highest BCUT2D eigenvalue weighted by Crippen LogP contribution is 2.38. The number of hydrogen-bond donors (Lipinski definition) is 1. The highest BCUT2D eigenvalue weighted by Gasteiger charge is 2.47. The van der Waals surface area contributed by atoms with Crippen molar-refractivity contribution in [2.75, 3.05) is 19.8 Å². The fraction of sp³-hybridized carbons (Fsp3) is 1.00. The molecule has 0 aromatic rings. The third-order valence-electron chi connectivity index (χ3n) is 4.25. The lowest BCUT2D eigenvalue weighted by atomic mass is 9.77. The minimum atomic E-state index is -0.129. The van der Waals surface area contributed by atoms with Gasteiger partial charge in [0, 0.05) is 12.0 Å². The first-order valence-corrected chi connectivity index (χ1v) is 6.34. The molecule has 15 heavy (non-hydrogen) atoms. The predicted octanol–water partition coefficient (Wildman–Crippen LogP) is 1.82. The summed E-state index contributed by atoms with van der Waals surface area (Å²) in [5.74, 6) is 0. The summed E-state index contributed by atoms with van der Waals surface area (Å²) in [5, 5.41) is 3.80. The largest absolute Gasteiger partial charge is 0.377 e. The van der Waals surface area contributed by atoms with Crippen LogP contribution < -0.4 is 5.32 Å². The van der Waals surface area contributed by atoms with Crippen LogP contribution in [0.1, 0.15) is 44.9 Å². The molecule has 2 spiro atoms. The van der Waals surface area contributed by atoms with Crippen LogP contribution in [0.4, 0.5) is 0 Å². The Morgan fingerprint density at radius 1 is 0.867 bits per heavy atom. The average molecular weight is 211 g/mol. The van der Waals surface area contributed by atoms with E-state index in [1.165, 1.54) is 38.5 Å². The van der Waals surface area contributed by atoms with Crippen LogP contribution in [0, 0.1) is 0 Å². The summed E-state index contributed by atoms with van der Waals surface area (Å²) in [4.78, 5) is 0. The van der Waals surface area contributed by atoms with E-state index in [0.29, 0.717) is 5.54 Å². The Morgan fingerprint density at radius 3 is 2.47 bits per heavy atom. The van der Waals surface area contributed by atoms with Gasteiger partial charge in [0.25, 0.3) is 0 Å². The maximum absolute atomic E-state index is 5.92. The lowest BCUT2D eigenvalue weighted by molar-refractivity contribution is -0.138. The Labute approximate surface area is 91.5 Å². The van der Waals surface area contributed by atoms with Crippen molar-refractivity contribution in [1.82, 2.24) is 5.32 Å². The molecule has 3 rings (SSSR count). The Morgan fingerprint density at radius 2 is 1.73 bits per heavy atom. The van der Waals surface area contributed by atoms with E-state index in [0.717, 1.165) is 26.2 Å². The second-order valence-electron chi connectivity index (χ2n) is 5.36. The molecule has 0 amide bonds. The molecule has 1 saturated carbocycles. The lowest BCUT2D eigenvalue weighted by Crippen LogP contribution is -2.64. The summed E-state index contributed by atoms with van der Waals surface area (Å²) in [5.41, 5.74) is 0.250. The van der Waals surface area contributed by atoms with Gasteiger partial charge in [-0.2, -0.15) is 0 Å². The van der Waals surface area contributed by atoms with Gasteiger partial charge in [-0.3, -0.25) is 5.32 Å². The third kappa shape index (κ3) is 1.81. The number of hydrogen-bond acceptors (Lipinski definition) is 3. The molecule has 0 radical (unpaired) electrons. The first kappa shape index (κ1) is 10.1. The van der Waals surface area contributed by atoms with Crippen molar-refractivity contribution in [2.45, 2.75) is 56.2 Å². The van der Waals surface area contributed by atoms with Crippen molar-refractivity contribution in [2.24, 2.45) is 0 Å². The molecule has 3 heteroatoms. The number of nitrogens with one attached hydrogen (secondary N) is 1. The Kier molecular flexibility index (Phi) is 2.49.